The van der Waals surface area contributed by atoms with Crippen molar-refractivity contribution in [2.75, 3.05) is 19.8 Å². The predicted molar refractivity (Wildman–Crippen MR) is 132 cm³/mol. The molecular weight excluding hydrogens is 524 g/mol. The number of aromatic nitrogens is 4. The molecule has 1 aromatic heterocycles. The van der Waals surface area contributed by atoms with Crippen LogP contribution in [0, 0.1) is 0 Å². The Kier molecular flexibility index (Phi) is 7.70. The molecule has 2 aliphatic heterocycles. The maximum Gasteiger partial charge on any atom is 0.352 e. The number of nitrogens with two attached hydrogens (primary N) is 1. The molecule has 0 radical (unpaired) electrons. The molecular formula is C21H24N8O6S2. The van der Waals surface area contributed by atoms with Crippen molar-refractivity contribution >= 4 is 47.2 Å². The van der Waals surface area contributed by atoms with Crippen molar-refractivity contribution < 1.29 is 29.4 Å². The molecule has 2 aromatic rings. The van der Waals surface area contributed by atoms with Crippen molar-refractivity contribution in [2.24, 2.45) is 5.73 Å². The van der Waals surface area contributed by atoms with Gasteiger partial charge in [-0.2, -0.15) is 5.21 Å². The van der Waals surface area contributed by atoms with E-state index in [1.165, 1.54) is 40.9 Å². The second-order valence-electron chi connectivity index (χ2n) is 8.44. The average Bonchev–Trinajstić information content (AvgIpc) is 3.38. The summed E-state index contributed by atoms with van der Waals surface area (Å²) >= 11 is 2.35. The first-order valence-electron chi connectivity index (χ1n) is 10.9. The zero-order valence-corrected chi connectivity index (χ0v) is 21.3. The second-order valence-corrected chi connectivity index (χ2v) is 10.7. The quantitative estimate of drug-likeness (QED) is 0.194. The van der Waals surface area contributed by atoms with Crippen LogP contribution in [0.15, 0.2) is 40.7 Å². The molecule has 3 heterocycles. The van der Waals surface area contributed by atoms with Crippen LogP contribution in [0.4, 0.5) is 0 Å². The van der Waals surface area contributed by atoms with Crippen LogP contribution in [0.2, 0.25) is 0 Å². The third kappa shape index (κ3) is 5.40. The number of aliphatic carboxylic acids is 1. The summed E-state index contributed by atoms with van der Waals surface area (Å²) in [4.78, 5) is 53.2. The highest BCUT2D eigenvalue weighted by molar-refractivity contribution is 8.01. The Bertz CT molecular complexity index is 1240. The number of rotatable bonds is 9. The van der Waals surface area contributed by atoms with Crippen LogP contribution < -0.4 is 11.1 Å². The van der Waals surface area contributed by atoms with Gasteiger partial charge in [0, 0.05) is 31.5 Å². The SMILES string of the molecule is CN(C)C(=O)CC(Sc1nn[nH]n1)C1=C(C(=O)O)N2C(=O)C(NC(=O)C(N)c3ccc(O)cc3)[C@@H]2SC1. The number of β-lactam (4-membered cyclic amide) rings is 1. The summed E-state index contributed by atoms with van der Waals surface area (Å²) in [6.45, 7) is 0. The third-order valence-corrected chi connectivity index (χ3v) is 8.28. The Morgan fingerprint density at radius 2 is 2.03 bits per heavy atom. The predicted octanol–water partition coefficient (Wildman–Crippen LogP) is -0.717. The lowest BCUT2D eigenvalue weighted by Crippen LogP contribution is -2.71. The summed E-state index contributed by atoms with van der Waals surface area (Å²) in [6.07, 6.45) is -0.0484. The molecule has 196 valence electrons. The number of thioether (sulfide) groups is 2. The molecule has 3 amide bonds. The van der Waals surface area contributed by atoms with E-state index >= 15 is 0 Å². The number of carbonyl (C=O) groups excluding carboxylic acids is 3. The fourth-order valence-electron chi connectivity index (χ4n) is 3.87. The van der Waals surface area contributed by atoms with Crippen LogP contribution in [0.5, 0.6) is 5.75 Å². The van der Waals surface area contributed by atoms with Crippen LogP contribution in [-0.2, 0) is 19.2 Å². The normalized spacial score (nSPS) is 20.5. The van der Waals surface area contributed by atoms with Crippen LogP contribution in [0.3, 0.4) is 0 Å². The molecule has 16 heteroatoms. The highest BCUT2D eigenvalue weighted by Gasteiger charge is 2.55. The van der Waals surface area contributed by atoms with Gasteiger partial charge in [-0.15, -0.1) is 22.0 Å². The lowest BCUT2D eigenvalue weighted by atomic mass is 9.99. The largest absolute Gasteiger partial charge is 0.508 e. The number of carbonyl (C=O) groups is 4. The molecule has 1 saturated heterocycles. The van der Waals surface area contributed by atoms with Crippen LogP contribution in [-0.4, -0.2) is 101 Å². The van der Waals surface area contributed by atoms with Crippen LogP contribution in [0.1, 0.15) is 18.0 Å². The zero-order chi connectivity index (χ0) is 26.9. The number of carboxylic acid groups (broad SMARTS) is 1. The first kappa shape index (κ1) is 26.4. The first-order chi connectivity index (χ1) is 17.6. The summed E-state index contributed by atoms with van der Waals surface area (Å²) in [5, 5.41) is 34.6. The number of phenols is 1. The lowest BCUT2D eigenvalue weighted by molar-refractivity contribution is -0.150. The number of nitrogens with one attached hydrogen (secondary N) is 2. The van der Waals surface area contributed by atoms with Gasteiger partial charge in [-0.05, 0) is 28.5 Å². The minimum Gasteiger partial charge on any atom is -0.508 e. The minimum absolute atomic E-state index is 0.0200. The summed E-state index contributed by atoms with van der Waals surface area (Å²) < 4.78 is 0. The van der Waals surface area contributed by atoms with E-state index in [9.17, 15) is 29.4 Å². The highest BCUT2D eigenvalue weighted by atomic mass is 32.2. The van der Waals surface area contributed by atoms with E-state index in [1.54, 1.807) is 14.1 Å². The van der Waals surface area contributed by atoms with Gasteiger partial charge in [0.05, 0.1) is 0 Å². The van der Waals surface area contributed by atoms with Gasteiger partial charge in [0.2, 0.25) is 17.0 Å². The minimum atomic E-state index is -1.32. The van der Waals surface area contributed by atoms with E-state index in [0.717, 1.165) is 16.7 Å². The van der Waals surface area contributed by atoms with Gasteiger partial charge in [-0.25, -0.2) is 4.79 Å². The van der Waals surface area contributed by atoms with E-state index in [-0.39, 0.29) is 34.7 Å². The second kappa shape index (κ2) is 10.8. The van der Waals surface area contributed by atoms with Crippen molar-refractivity contribution in [1.82, 2.24) is 35.7 Å². The van der Waals surface area contributed by atoms with Crippen LogP contribution in [0.25, 0.3) is 0 Å². The van der Waals surface area contributed by atoms with E-state index in [1.807, 2.05) is 0 Å². The molecule has 4 rings (SSSR count). The molecule has 2 aliphatic rings. The molecule has 0 aliphatic carbocycles. The van der Waals surface area contributed by atoms with Crippen molar-refractivity contribution in [3.63, 3.8) is 0 Å². The molecule has 37 heavy (non-hydrogen) atoms. The Labute approximate surface area is 219 Å². The Balaban J connectivity index is 1.56. The number of fused-ring (bicyclic) bond motifs is 1. The van der Waals surface area contributed by atoms with Gasteiger partial charge in [-0.1, -0.05) is 23.9 Å². The number of aromatic amines is 1. The summed E-state index contributed by atoms with van der Waals surface area (Å²) in [5.41, 5.74) is 6.60. The molecule has 0 spiro atoms. The number of hydrogen-bond acceptors (Lipinski definition) is 11. The third-order valence-electron chi connectivity index (χ3n) is 5.85. The van der Waals surface area contributed by atoms with Crippen molar-refractivity contribution in [3.8, 4) is 5.75 Å². The van der Waals surface area contributed by atoms with Gasteiger partial charge in [0.1, 0.15) is 28.9 Å². The standard InChI is InChI=1S/C21H24N8O6S2/c1-28(2)13(31)7-12(37-21-24-26-27-25-21)11-8-36-19-15(18(33)29(19)16(11)20(34)35)23-17(32)14(22)9-3-5-10(30)6-4-9/h3-6,12,14-15,19,30H,7-8,22H2,1-2H3,(H,23,32)(H,34,35)(H,24,25,26,27)/t12?,14?,15?,19-/m0/s1. The smallest absolute Gasteiger partial charge is 0.352 e. The molecule has 0 bridgehead atoms. The number of amides is 3. The zero-order valence-electron chi connectivity index (χ0n) is 19.7. The molecule has 6 N–H and O–H groups in total. The van der Waals surface area contributed by atoms with Gasteiger partial charge < -0.3 is 26.2 Å². The number of carboxylic acids is 1. The molecule has 14 nitrogen and oxygen atoms in total. The first-order valence-corrected chi connectivity index (χ1v) is 12.9. The Morgan fingerprint density at radius 3 is 2.62 bits per heavy atom. The number of aromatic hydroxyl groups is 1. The van der Waals surface area contributed by atoms with E-state index in [2.05, 4.69) is 25.9 Å². The number of tetrazole rings is 1. The molecule has 4 atom stereocenters. The maximum atomic E-state index is 13.1. The Morgan fingerprint density at radius 1 is 1.32 bits per heavy atom. The average molecular weight is 549 g/mol. The number of benzene rings is 1. The van der Waals surface area contributed by atoms with Crippen molar-refractivity contribution in [1.29, 1.82) is 0 Å². The Hall–Kier alpha value is -3.63. The molecule has 1 fully saturated rings. The molecule has 3 unspecified atom stereocenters. The topological polar surface area (TPSA) is 208 Å². The van der Waals surface area contributed by atoms with Crippen molar-refractivity contribution in [3.05, 3.63) is 41.1 Å². The maximum absolute atomic E-state index is 13.1. The van der Waals surface area contributed by atoms with Gasteiger partial charge in [0.25, 0.3) is 5.91 Å². The molecule has 0 saturated carbocycles. The van der Waals surface area contributed by atoms with Gasteiger partial charge in [0.15, 0.2) is 0 Å². The van der Waals surface area contributed by atoms with Crippen molar-refractivity contribution in [2.45, 2.75) is 34.3 Å². The lowest BCUT2D eigenvalue weighted by Gasteiger charge is -2.50. The summed E-state index contributed by atoms with van der Waals surface area (Å²) in [6, 6.07) is 3.73. The number of hydrogen-bond donors (Lipinski definition) is 5. The van der Waals surface area contributed by atoms with Gasteiger partial charge in [-0.3, -0.25) is 19.3 Å². The summed E-state index contributed by atoms with van der Waals surface area (Å²) in [5.74, 6) is -2.56. The molecule has 1 aromatic carbocycles. The van der Waals surface area contributed by atoms with E-state index < -0.39 is 40.5 Å². The number of H-pyrrole nitrogens is 1. The van der Waals surface area contributed by atoms with Gasteiger partial charge >= 0.3 is 5.97 Å². The highest BCUT2D eigenvalue weighted by Crippen LogP contribution is 2.44. The fraction of sp³-hybridized carbons (Fsp3) is 0.381. The summed E-state index contributed by atoms with van der Waals surface area (Å²) in [7, 11) is 3.18. The monoisotopic (exact) mass is 548 g/mol. The van der Waals surface area contributed by atoms with Crippen LogP contribution >= 0.6 is 23.5 Å². The van der Waals surface area contributed by atoms with E-state index in [4.69, 9.17) is 5.73 Å². The van der Waals surface area contributed by atoms with E-state index in [0.29, 0.717) is 11.1 Å². The number of nitrogens with zero attached hydrogens (tertiary/aromatic N) is 5. The number of phenolic OH excluding ortho intramolecular Hbond substituents is 1. The fourth-order valence-corrected chi connectivity index (χ4v) is 6.40.